The van der Waals surface area contributed by atoms with Gasteiger partial charge in [0.25, 0.3) is 0 Å². The molecular weight excluding hydrogens is 198 g/mol. The lowest BCUT2D eigenvalue weighted by Gasteiger charge is -2.30. The number of nitrogens with one attached hydrogen (secondary N) is 2. The molecule has 0 aromatic rings. The van der Waals surface area contributed by atoms with Crippen molar-refractivity contribution in [3.8, 4) is 0 Å². The molecule has 0 saturated carbocycles. The molecule has 2 aliphatic heterocycles. The minimum Gasteiger partial charge on any atom is -0.316 e. The molecule has 0 aromatic heterocycles. The van der Waals surface area contributed by atoms with Gasteiger partial charge in [-0.25, -0.2) is 0 Å². The van der Waals surface area contributed by atoms with E-state index in [1.807, 2.05) is 0 Å². The summed E-state index contributed by atoms with van der Waals surface area (Å²) in [6.45, 7) is 7.47. The van der Waals surface area contributed by atoms with Gasteiger partial charge in [-0.15, -0.1) is 0 Å². The lowest BCUT2D eigenvalue weighted by molar-refractivity contribution is 0.203. The van der Waals surface area contributed by atoms with Crippen molar-refractivity contribution in [2.24, 2.45) is 11.8 Å². The van der Waals surface area contributed by atoms with Gasteiger partial charge in [0.15, 0.2) is 0 Å². The van der Waals surface area contributed by atoms with Crippen LogP contribution in [-0.4, -0.2) is 51.2 Å². The largest absolute Gasteiger partial charge is 0.316 e. The molecule has 94 valence electrons. The summed E-state index contributed by atoms with van der Waals surface area (Å²) in [7, 11) is 2.25. The predicted octanol–water partition coefficient (Wildman–Crippen LogP) is 0.917. The van der Waals surface area contributed by atoms with Crippen LogP contribution in [0.1, 0.15) is 25.7 Å². The van der Waals surface area contributed by atoms with Crippen LogP contribution in [-0.2, 0) is 0 Å². The second kappa shape index (κ2) is 6.58. The van der Waals surface area contributed by atoms with E-state index in [-0.39, 0.29) is 0 Å². The van der Waals surface area contributed by atoms with Gasteiger partial charge in [-0.2, -0.15) is 0 Å². The Bertz CT molecular complexity index is 190. The van der Waals surface area contributed by atoms with Crippen LogP contribution in [0.3, 0.4) is 0 Å². The molecule has 2 fully saturated rings. The molecule has 2 heterocycles. The highest BCUT2D eigenvalue weighted by Crippen LogP contribution is 2.14. The van der Waals surface area contributed by atoms with Gasteiger partial charge in [-0.3, -0.25) is 0 Å². The Kier molecular flexibility index (Phi) is 5.07. The minimum absolute atomic E-state index is 0.870. The number of rotatable bonds is 4. The summed E-state index contributed by atoms with van der Waals surface area (Å²) in [5.74, 6) is 1.75. The van der Waals surface area contributed by atoms with Gasteiger partial charge in [0, 0.05) is 6.54 Å². The molecule has 2 atom stereocenters. The van der Waals surface area contributed by atoms with Crippen molar-refractivity contribution in [3.63, 3.8) is 0 Å². The van der Waals surface area contributed by atoms with Crippen molar-refractivity contribution < 1.29 is 0 Å². The lowest BCUT2D eigenvalue weighted by Crippen LogP contribution is -2.40. The molecule has 0 amide bonds. The Balaban J connectivity index is 1.56. The molecule has 0 aromatic carbocycles. The Labute approximate surface area is 100.0 Å². The topological polar surface area (TPSA) is 27.3 Å². The molecule has 0 bridgehead atoms. The van der Waals surface area contributed by atoms with Crippen molar-refractivity contribution >= 4 is 0 Å². The van der Waals surface area contributed by atoms with E-state index in [0.717, 1.165) is 11.8 Å². The Morgan fingerprint density at radius 2 is 2.00 bits per heavy atom. The summed E-state index contributed by atoms with van der Waals surface area (Å²) in [5.41, 5.74) is 0. The van der Waals surface area contributed by atoms with Crippen molar-refractivity contribution in [1.29, 1.82) is 0 Å². The first kappa shape index (κ1) is 12.3. The van der Waals surface area contributed by atoms with Gasteiger partial charge >= 0.3 is 0 Å². The molecule has 0 spiro atoms. The number of piperidine rings is 2. The molecule has 2 unspecified atom stereocenters. The average molecular weight is 225 g/mol. The van der Waals surface area contributed by atoms with Crippen LogP contribution in [0.15, 0.2) is 0 Å². The lowest BCUT2D eigenvalue weighted by atomic mass is 9.97. The van der Waals surface area contributed by atoms with Crippen molar-refractivity contribution in [1.82, 2.24) is 15.5 Å². The first-order valence-electron chi connectivity index (χ1n) is 6.94. The highest BCUT2D eigenvalue weighted by Gasteiger charge is 2.17. The SMILES string of the molecule is CN1CCCC(CNCC2CCCNC2)C1. The highest BCUT2D eigenvalue weighted by molar-refractivity contribution is 4.75. The summed E-state index contributed by atoms with van der Waals surface area (Å²) < 4.78 is 0. The van der Waals surface area contributed by atoms with E-state index < -0.39 is 0 Å². The second-order valence-corrected chi connectivity index (χ2v) is 5.64. The number of hydrogen-bond acceptors (Lipinski definition) is 3. The fraction of sp³-hybridized carbons (Fsp3) is 1.00. The first-order chi connectivity index (χ1) is 7.84. The number of nitrogens with zero attached hydrogens (tertiary/aromatic N) is 1. The van der Waals surface area contributed by atoms with E-state index in [1.165, 1.54) is 65.0 Å². The Morgan fingerprint density at radius 3 is 2.75 bits per heavy atom. The average Bonchev–Trinajstić information content (AvgIpc) is 2.30. The van der Waals surface area contributed by atoms with Crippen LogP contribution >= 0.6 is 0 Å². The zero-order chi connectivity index (χ0) is 11.2. The molecule has 2 aliphatic rings. The van der Waals surface area contributed by atoms with Crippen LogP contribution in [0.4, 0.5) is 0 Å². The summed E-state index contributed by atoms with van der Waals surface area (Å²) in [5, 5.41) is 7.16. The third kappa shape index (κ3) is 4.04. The van der Waals surface area contributed by atoms with Gasteiger partial charge in [-0.1, -0.05) is 0 Å². The van der Waals surface area contributed by atoms with Crippen LogP contribution in [0.25, 0.3) is 0 Å². The van der Waals surface area contributed by atoms with Gasteiger partial charge in [0.05, 0.1) is 0 Å². The van der Waals surface area contributed by atoms with E-state index in [0.29, 0.717) is 0 Å². The second-order valence-electron chi connectivity index (χ2n) is 5.64. The standard InChI is InChI=1S/C13H27N3/c1-16-7-3-5-13(11-16)10-15-9-12-4-2-6-14-8-12/h12-15H,2-11H2,1H3. The maximum Gasteiger partial charge on any atom is 0.00187 e. The zero-order valence-corrected chi connectivity index (χ0v) is 10.7. The van der Waals surface area contributed by atoms with E-state index in [1.54, 1.807) is 0 Å². The molecular formula is C13H27N3. The Hall–Kier alpha value is -0.120. The normalized spacial score (nSPS) is 32.8. The van der Waals surface area contributed by atoms with Gasteiger partial charge in [0.2, 0.25) is 0 Å². The van der Waals surface area contributed by atoms with E-state index in [2.05, 4.69) is 22.6 Å². The monoisotopic (exact) mass is 225 g/mol. The van der Waals surface area contributed by atoms with Crippen LogP contribution in [0, 0.1) is 11.8 Å². The summed E-state index contributed by atoms with van der Waals surface area (Å²) in [6, 6.07) is 0. The van der Waals surface area contributed by atoms with Gasteiger partial charge < -0.3 is 15.5 Å². The van der Waals surface area contributed by atoms with E-state index in [9.17, 15) is 0 Å². The van der Waals surface area contributed by atoms with Crippen molar-refractivity contribution in [3.05, 3.63) is 0 Å². The van der Waals surface area contributed by atoms with E-state index in [4.69, 9.17) is 0 Å². The molecule has 3 nitrogen and oxygen atoms in total. The fourth-order valence-corrected chi connectivity index (χ4v) is 3.03. The summed E-state index contributed by atoms with van der Waals surface area (Å²) >= 11 is 0. The molecule has 0 radical (unpaired) electrons. The first-order valence-corrected chi connectivity index (χ1v) is 6.94. The van der Waals surface area contributed by atoms with Gasteiger partial charge in [-0.05, 0) is 77.3 Å². The maximum atomic E-state index is 3.68. The molecule has 16 heavy (non-hydrogen) atoms. The molecule has 2 N–H and O–H groups in total. The highest BCUT2D eigenvalue weighted by atomic mass is 15.1. The van der Waals surface area contributed by atoms with Crippen LogP contribution in [0.2, 0.25) is 0 Å². The van der Waals surface area contributed by atoms with Gasteiger partial charge in [0.1, 0.15) is 0 Å². The number of likely N-dealkylation sites (tertiary alicyclic amines) is 1. The fourth-order valence-electron chi connectivity index (χ4n) is 3.03. The molecule has 3 heteroatoms. The Morgan fingerprint density at radius 1 is 1.19 bits per heavy atom. The maximum absolute atomic E-state index is 3.68. The quantitative estimate of drug-likeness (QED) is 0.745. The van der Waals surface area contributed by atoms with Crippen molar-refractivity contribution in [2.75, 3.05) is 46.3 Å². The molecule has 2 saturated heterocycles. The zero-order valence-electron chi connectivity index (χ0n) is 10.7. The summed E-state index contributed by atoms with van der Waals surface area (Å²) in [6.07, 6.45) is 5.57. The van der Waals surface area contributed by atoms with E-state index >= 15 is 0 Å². The third-order valence-corrected chi connectivity index (χ3v) is 3.99. The van der Waals surface area contributed by atoms with Crippen LogP contribution in [0.5, 0.6) is 0 Å². The third-order valence-electron chi connectivity index (χ3n) is 3.99. The van der Waals surface area contributed by atoms with Crippen molar-refractivity contribution in [2.45, 2.75) is 25.7 Å². The predicted molar refractivity (Wildman–Crippen MR) is 68.7 cm³/mol. The molecule has 0 aliphatic carbocycles. The van der Waals surface area contributed by atoms with Crippen LogP contribution < -0.4 is 10.6 Å². The minimum atomic E-state index is 0.870. The molecule has 2 rings (SSSR count). The number of hydrogen-bond donors (Lipinski definition) is 2. The summed E-state index contributed by atoms with van der Waals surface area (Å²) in [4.78, 5) is 2.47. The smallest absolute Gasteiger partial charge is 0.00187 e.